The van der Waals surface area contributed by atoms with Crippen LogP contribution in [0.25, 0.3) is 0 Å². The van der Waals surface area contributed by atoms with Crippen molar-refractivity contribution in [2.75, 3.05) is 7.11 Å². The van der Waals surface area contributed by atoms with Gasteiger partial charge in [0.2, 0.25) is 6.33 Å². The number of aromatic amines is 1. The Bertz CT molecular complexity index is 633. The van der Waals surface area contributed by atoms with E-state index in [1.807, 2.05) is 28.8 Å². The maximum absolute atomic E-state index is 11.2. The van der Waals surface area contributed by atoms with E-state index in [9.17, 15) is 10.1 Å². The summed E-state index contributed by atoms with van der Waals surface area (Å²) in [4.78, 5) is 13.6. The summed E-state index contributed by atoms with van der Waals surface area (Å²) in [5.74, 6) is 1.40. The van der Waals surface area contributed by atoms with Gasteiger partial charge in [-0.1, -0.05) is 26.0 Å². The van der Waals surface area contributed by atoms with Gasteiger partial charge in [0, 0.05) is 6.42 Å². The molecule has 1 heterocycles. The summed E-state index contributed by atoms with van der Waals surface area (Å²) >= 11 is 0. The third-order valence-electron chi connectivity index (χ3n) is 3.63. The Morgan fingerprint density at radius 2 is 2.00 bits per heavy atom. The van der Waals surface area contributed by atoms with Crippen molar-refractivity contribution in [3.8, 4) is 5.75 Å². The molecule has 1 N–H and O–H groups in total. The largest absolute Gasteiger partial charge is 0.497 e. The van der Waals surface area contributed by atoms with E-state index >= 15 is 0 Å². The molecule has 0 amide bonds. The highest BCUT2D eigenvalue weighted by atomic mass is 16.6. The van der Waals surface area contributed by atoms with Crippen LogP contribution in [-0.2, 0) is 13.0 Å². The van der Waals surface area contributed by atoms with Gasteiger partial charge in [0.1, 0.15) is 12.3 Å². The number of ether oxygens (including phenoxy) is 1. The molecule has 0 saturated heterocycles. The van der Waals surface area contributed by atoms with Crippen molar-refractivity contribution >= 4 is 5.82 Å². The molecule has 2 aromatic rings. The molecule has 0 aliphatic carbocycles. The number of H-pyrrole nitrogens is 1. The Kier molecular flexibility index (Phi) is 5.14. The van der Waals surface area contributed by atoms with E-state index in [2.05, 4.69) is 18.8 Å². The minimum absolute atomic E-state index is 0.0918. The van der Waals surface area contributed by atoms with E-state index in [-0.39, 0.29) is 10.7 Å². The van der Waals surface area contributed by atoms with Gasteiger partial charge < -0.3 is 14.9 Å². The van der Waals surface area contributed by atoms with Crippen molar-refractivity contribution in [2.45, 2.75) is 33.2 Å². The third kappa shape index (κ3) is 3.84. The van der Waals surface area contributed by atoms with E-state index in [1.165, 1.54) is 0 Å². The first-order chi connectivity index (χ1) is 10.5. The van der Waals surface area contributed by atoms with Crippen LogP contribution >= 0.6 is 0 Å². The summed E-state index contributed by atoms with van der Waals surface area (Å²) in [6, 6.07) is 7.73. The molecule has 0 spiro atoms. The molecule has 2 rings (SSSR count). The first-order valence-electron chi connectivity index (χ1n) is 7.38. The van der Waals surface area contributed by atoms with Gasteiger partial charge in [-0.2, -0.15) is 0 Å². The lowest BCUT2D eigenvalue weighted by Gasteiger charge is -2.06. The molecule has 0 unspecified atom stereocenters. The number of rotatable bonds is 7. The van der Waals surface area contributed by atoms with E-state index in [0.717, 1.165) is 23.4 Å². The lowest BCUT2D eigenvalue weighted by Crippen LogP contribution is -2.36. The molecule has 0 aliphatic heterocycles. The fourth-order valence-corrected chi connectivity index (χ4v) is 2.35. The van der Waals surface area contributed by atoms with Crippen molar-refractivity contribution in [3.63, 3.8) is 0 Å². The van der Waals surface area contributed by atoms with Crippen molar-refractivity contribution in [3.05, 3.63) is 52.0 Å². The Morgan fingerprint density at radius 3 is 2.55 bits per heavy atom. The maximum Gasteiger partial charge on any atom is 0.366 e. The van der Waals surface area contributed by atoms with E-state index in [4.69, 9.17) is 4.74 Å². The lowest BCUT2D eigenvalue weighted by atomic mass is 10.1. The van der Waals surface area contributed by atoms with Crippen LogP contribution in [0.3, 0.4) is 0 Å². The van der Waals surface area contributed by atoms with Crippen molar-refractivity contribution < 1.29 is 14.2 Å². The minimum atomic E-state index is -0.347. The highest BCUT2D eigenvalue weighted by Gasteiger charge is 2.23. The second kappa shape index (κ2) is 7.06. The summed E-state index contributed by atoms with van der Waals surface area (Å²) < 4.78 is 7.06. The van der Waals surface area contributed by atoms with Gasteiger partial charge in [-0.15, -0.1) is 0 Å². The number of methoxy groups -OCH3 is 1. The van der Waals surface area contributed by atoms with Crippen LogP contribution in [0.1, 0.15) is 31.5 Å². The van der Waals surface area contributed by atoms with Gasteiger partial charge in [-0.25, -0.2) is 9.55 Å². The summed E-state index contributed by atoms with van der Waals surface area (Å²) in [6.45, 7) is 4.83. The quantitative estimate of drug-likeness (QED) is 0.485. The van der Waals surface area contributed by atoms with Gasteiger partial charge in [0.05, 0.1) is 7.11 Å². The molecule has 0 radical (unpaired) electrons. The van der Waals surface area contributed by atoms with E-state index in [0.29, 0.717) is 18.9 Å². The van der Waals surface area contributed by atoms with Crippen LogP contribution in [0, 0.1) is 16.0 Å². The first-order valence-corrected chi connectivity index (χ1v) is 7.38. The minimum Gasteiger partial charge on any atom is -0.497 e. The maximum atomic E-state index is 11.2. The van der Waals surface area contributed by atoms with E-state index < -0.39 is 0 Å². The number of nitro groups is 1. The van der Waals surface area contributed by atoms with E-state index in [1.54, 1.807) is 13.4 Å². The van der Waals surface area contributed by atoms with Gasteiger partial charge in [0.25, 0.3) is 0 Å². The van der Waals surface area contributed by atoms with Crippen LogP contribution in [0.4, 0.5) is 5.82 Å². The van der Waals surface area contributed by atoms with Crippen molar-refractivity contribution in [1.82, 2.24) is 4.98 Å². The predicted molar refractivity (Wildman–Crippen MR) is 82.9 cm³/mol. The molecule has 0 atom stereocenters. The van der Waals surface area contributed by atoms with Gasteiger partial charge >= 0.3 is 5.82 Å². The Labute approximate surface area is 129 Å². The topological polar surface area (TPSA) is 72.0 Å². The van der Waals surface area contributed by atoms with Crippen LogP contribution in [0.2, 0.25) is 0 Å². The average Bonchev–Trinajstić information content (AvgIpc) is 2.89. The molecule has 0 bridgehead atoms. The second-order valence-corrected chi connectivity index (χ2v) is 5.73. The zero-order chi connectivity index (χ0) is 16.1. The standard InChI is InChI=1S/C16H21N3O3/c1-12(2)4-9-15-16(19(20)21)17-11-18(15)10-13-5-7-14(22-3)8-6-13/h5-8,11-12H,4,9-10H2,1-3H3/p+1. The SMILES string of the molecule is COc1ccc(C[n+]2c[nH]c([N+](=O)[O-])c2CCC(C)C)cc1. The molecular formula is C16H22N3O3+. The molecule has 0 aliphatic rings. The fraction of sp³-hybridized carbons (Fsp3) is 0.438. The monoisotopic (exact) mass is 304 g/mol. The number of benzene rings is 1. The zero-order valence-corrected chi connectivity index (χ0v) is 13.2. The normalized spacial score (nSPS) is 10.9. The highest BCUT2D eigenvalue weighted by molar-refractivity contribution is 5.27. The van der Waals surface area contributed by atoms with Gasteiger partial charge in [0.15, 0.2) is 5.69 Å². The molecule has 6 heteroatoms. The molecule has 1 aromatic heterocycles. The highest BCUT2D eigenvalue weighted by Crippen LogP contribution is 2.17. The molecule has 0 saturated carbocycles. The number of hydrogen-bond donors (Lipinski definition) is 1. The molecule has 6 nitrogen and oxygen atoms in total. The zero-order valence-electron chi connectivity index (χ0n) is 13.2. The molecule has 1 aromatic carbocycles. The summed E-state index contributed by atoms with van der Waals surface area (Å²) in [7, 11) is 1.63. The number of hydrogen-bond acceptors (Lipinski definition) is 3. The molecule has 0 fully saturated rings. The number of imidazole rings is 1. The average molecular weight is 304 g/mol. The fourth-order valence-electron chi connectivity index (χ4n) is 2.35. The predicted octanol–water partition coefficient (Wildman–Crippen LogP) is 2.86. The molecule has 22 heavy (non-hydrogen) atoms. The first kappa shape index (κ1) is 16.0. The van der Waals surface area contributed by atoms with Gasteiger partial charge in [-0.05, 0) is 35.0 Å². The molecule has 118 valence electrons. The Morgan fingerprint density at radius 1 is 1.32 bits per heavy atom. The van der Waals surface area contributed by atoms with Gasteiger partial charge in [-0.3, -0.25) is 0 Å². The molecular weight excluding hydrogens is 282 g/mol. The number of nitrogens with zero attached hydrogens (tertiary/aromatic N) is 2. The van der Waals surface area contributed by atoms with Crippen LogP contribution in [0.5, 0.6) is 5.75 Å². The summed E-state index contributed by atoms with van der Waals surface area (Å²) in [5.41, 5.74) is 1.82. The Balaban J connectivity index is 2.23. The Hall–Kier alpha value is -2.37. The lowest BCUT2D eigenvalue weighted by molar-refractivity contribution is -0.695. The van der Waals surface area contributed by atoms with Crippen molar-refractivity contribution in [1.29, 1.82) is 0 Å². The summed E-state index contributed by atoms with van der Waals surface area (Å²) in [6.07, 6.45) is 3.28. The second-order valence-electron chi connectivity index (χ2n) is 5.73. The van der Waals surface area contributed by atoms with Crippen LogP contribution in [0.15, 0.2) is 30.6 Å². The van der Waals surface area contributed by atoms with Crippen molar-refractivity contribution in [2.24, 2.45) is 5.92 Å². The third-order valence-corrected chi connectivity index (χ3v) is 3.63. The number of nitrogens with one attached hydrogen (secondary N) is 1. The van der Waals surface area contributed by atoms with Crippen LogP contribution < -0.4 is 9.30 Å². The van der Waals surface area contributed by atoms with Crippen LogP contribution in [-0.4, -0.2) is 17.0 Å². The summed E-state index contributed by atoms with van der Waals surface area (Å²) in [5, 5.41) is 11.2. The smallest absolute Gasteiger partial charge is 0.366 e. The number of aromatic nitrogens is 2.